The molecule has 0 saturated carbocycles. The Balaban J connectivity index is 2.33. The van der Waals surface area contributed by atoms with Crippen LogP contribution >= 0.6 is 0 Å². The molecule has 0 aromatic heterocycles. The average Bonchev–Trinajstić information content (AvgIpc) is 1.96. The standard InChI is InChI=1S/C12H24N2O2/c1-9(2)13(6)10-7-14(8-10)11(15)16-12(3,4)5/h9-10H,7-8H2,1-6H3. The second-order valence-corrected chi connectivity index (χ2v) is 5.80. The molecule has 1 heterocycles. The third kappa shape index (κ3) is 3.37. The van der Waals surface area contributed by atoms with Gasteiger partial charge in [0.2, 0.25) is 0 Å². The fourth-order valence-corrected chi connectivity index (χ4v) is 1.61. The molecule has 1 rings (SSSR count). The SMILES string of the molecule is CC(C)N(C)C1CN(C(=O)OC(C)(C)C)C1. The molecule has 0 atom stereocenters. The van der Waals surface area contributed by atoms with E-state index < -0.39 is 5.60 Å². The highest BCUT2D eigenvalue weighted by atomic mass is 16.6. The Morgan fingerprint density at radius 3 is 2.25 bits per heavy atom. The van der Waals surface area contributed by atoms with Crippen LogP contribution in [-0.4, -0.2) is 53.7 Å². The summed E-state index contributed by atoms with van der Waals surface area (Å²) in [7, 11) is 2.10. The lowest BCUT2D eigenvalue weighted by Gasteiger charge is -2.45. The van der Waals surface area contributed by atoms with Crippen LogP contribution in [0.1, 0.15) is 34.6 Å². The first kappa shape index (κ1) is 13.3. The lowest BCUT2D eigenvalue weighted by molar-refractivity contribution is -0.0156. The van der Waals surface area contributed by atoms with Crippen molar-refractivity contribution in [2.24, 2.45) is 0 Å². The molecule has 4 heteroatoms. The number of nitrogens with zero attached hydrogens (tertiary/aromatic N) is 2. The van der Waals surface area contributed by atoms with Crippen molar-refractivity contribution in [2.45, 2.75) is 52.3 Å². The highest BCUT2D eigenvalue weighted by Gasteiger charge is 2.36. The minimum atomic E-state index is -0.397. The van der Waals surface area contributed by atoms with E-state index in [9.17, 15) is 4.79 Å². The maximum absolute atomic E-state index is 11.7. The van der Waals surface area contributed by atoms with Crippen molar-refractivity contribution in [3.8, 4) is 0 Å². The molecule has 1 aliphatic heterocycles. The van der Waals surface area contributed by atoms with E-state index in [1.165, 1.54) is 0 Å². The normalized spacial score (nSPS) is 17.9. The van der Waals surface area contributed by atoms with Gasteiger partial charge in [0.1, 0.15) is 5.60 Å². The fourth-order valence-electron chi connectivity index (χ4n) is 1.61. The summed E-state index contributed by atoms with van der Waals surface area (Å²) in [5.41, 5.74) is -0.397. The molecule has 1 amide bonds. The summed E-state index contributed by atoms with van der Waals surface area (Å²) in [6.07, 6.45) is -0.194. The number of likely N-dealkylation sites (tertiary alicyclic amines) is 1. The van der Waals surface area contributed by atoms with Crippen LogP contribution in [-0.2, 0) is 4.74 Å². The summed E-state index contributed by atoms with van der Waals surface area (Å²) >= 11 is 0. The summed E-state index contributed by atoms with van der Waals surface area (Å²) in [5.74, 6) is 0. The summed E-state index contributed by atoms with van der Waals surface area (Å²) < 4.78 is 5.30. The molecule has 4 nitrogen and oxygen atoms in total. The smallest absolute Gasteiger partial charge is 0.410 e. The minimum Gasteiger partial charge on any atom is -0.444 e. The van der Waals surface area contributed by atoms with Gasteiger partial charge >= 0.3 is 6.09 Å². The lowest BCUT2D eigenvalue weighted by Crippen LogP contribution is -2.61. The van der Waals surface area contributed by atoms with Gasteiger partial charge in [-0.05, 0) is 41.7 Å². The number of ether oxygens (including phenoxy) is 1. The van der Waals surface area contributed by atoms with E-state index in [0.717, 1.165) is 13.1 Å². The second-order valence-electron chi connectivity index (χ2n) is 5.80. The Labute approximate surface area is 98.5 Å². The molecular weight excluding hydrogens is 204 g/mol. The van der Waals surface area contributed by atoms with E-state index in [0.29, 0.717) is 12.1 Å². The number of carbonyl (C=O) groups excluding carboxylic acids is 1. The molecule has 0 radical (unpaired) electrons. The Morgan fingerprint density at radius 1 is 1.38 bits per heavy atom. The maximum Gasteiger partial charge on any atom is 0.410 e. The molecule has 0 aliphatic carbocycles. The molecular formula is C12H24N2O2. The van der Waals surface area contributed by atoms with Crippen LogP contribution in [0.4, 0.5) is 4.79 Å². The largest absolute Gasteiger partial charge is 0.444 e. The number of likely N-dealkylation sites (N-methyl/N-ethyl adjacent to an activating group) is 1. The quantitative estimate of drug-likeness (QED) is 0.724. The summed E-state index contributed by atoms with van der Waals surface area (Å²) in [6.45, 7) is 11.6. The molecule has 1 fully saturated rings. The van der Waals surface area contributed by atoms with Crippen molar-refractivity contribution in [1.82, 2.24) is 9.80 Å². The van der Waals surface area contributed by atoms with E-state index >= 15 is 0 Å². The van der Waals surface area contributed by atoms with Crippen molar-refractivity contribution in [3.63, 3.8) is 0 Å². The summed E-state index contributed by atoms with van der Waals surface area (Å²) in [6, 6.07) is 0.998. The Bertz CT molecular complexity index is 252. The van der Waals surface area contributed by atoms with Gasteiger partial charge in [-0.25, -0.2) is 4.79 Å². The zero-order valence-electron chi connectivity index (χ0n) is 11.3. The Hall–Kier alpha value is -0.770. The third-order valence-corrected chi connectivity index (χ3v) is 2.90. The van der Waals surface area contributed by atoms with Gasteiger partial charge in [-0.2, -0.15) is 0 Å². The van der Waals surface area contributed by atoms with Crippen LogP contribution in [0.2, 0.25) is 0 Å². The average molecular weight is 228 g/mol. The molecule has 0 unspecified atom stereocenters. The van der Waals surface area contributed by atoms with Crippen molar-refractivity contribution in [1.29, 1.82) is 0 Å². The highest BCUT2D eigenvalue weighted by Crippen LogP contribution is 2.19. The first-order valence-electron chi connectivity index (χ1n) is 5.90. The van der Waals surface area contributed by atoms with Gasteiger partial charge in [-0.15, -0.1) is 0 Å². The predicted octanol–water partition coefficient (Wildman–Crippen LogP) is 1.95. The van der Waals surface area contributed by atoms with Gasteiger partial charge in [0.15, 0.2) is 0 Å². The molecule has 0 aromatic rings. The van der Waals surface area contributed by atoms with Crippen molar-refractivity contribution >= 4 is 6.09 Å². The molecule has 0 spiro atoms. The van der Waals surface area contributed by atoms with Gasteiger partial charge in [0, 0.05) is 25.2 Å². The number of hydrogen-bond donors (Lipinski definition) is 0. The Morgan fingerprint density at radius 2 is 1.88 bits per heavy atom. The van der Waals surface area contributed by atoms with E-state index in [1.807, 2.05) is 20.8 Å². The first-order chi connectivity index (χ1) is 7.20. The molecule has 0 bridgehead atoms. The number of carbonyl (C=O) groups is 1. The minimum absolute atomic E-state index is 0.194. The highest BCUT2D eigenvalue weighted by molar-refractivity contribution is 5.69. The third-order valence-electron chi connectivity index (χ3n) is 2.90. The van der Waals surface area contributed by atoms with Gasteiger partial charge in [-0.1, -0.05) is 0 Å². The Kier molecular flexibility index (Phi) is 3.84. The fraction of sp³-hybridized carbons (Fsp3) is 0.917. The number of amides is 1. The molecule has 0 aromatic carbocycles. The molecule has 1 aliphatic rings. The van der Waals surface area contributed by atoms with Crippen molar-refractivity contribution in [3.05, 3.63) is 0 Å². The van der Waals surface area contributed by atoms with Crippen LogP contribution in [0.3, 0.4) is 0 Å². The van der Waals surface area contributed by atoms with Crippen LogP contribution in [0.15, 0.2) is 0 Å². The van der Waals surface area contributed by atoms with Crippen molar-refractivity contribution < 1.29 is 9.53 Å². The van der Waals surface area contributed by atoms with Crippen LogP contribution in [0, 0.1) is 0 Å². The van der Waals surface area contributed by atoms with Crippen molar-refractivity contribution in [2.75, 3.05) is 20.1 Å². The predicted molar refractivity (Wildman–Crippen MR) is 64.5 cm³/mol. The molecule has 1 saturated heterocycles. The number of rotatable bonds is 2. The second kappa shape index (κ2) is 4.62. The zero-order valence-corrected chi connectivity index (χ0v) is 11.3. The molecule has 94 valence electrons. The first-order valence-corrected chi connectivity index (χ1v) is 5.90. The van der Waals surface area contributed by atoms with E-state index in [-0.39, 0.29) is 6.09 Å². The maximum atomic E-state index is 11.7. The van der Waals surface area contributed by atoms with Crippen LogP contribution in [0.25, 0.3) is 0 Å². The van der Waals surface area contributed by atoms with Crippen LogP contribution in [0.5, 0.6) is 0 Å². The number of hydrogen-bond acceptors (Lipinski definition) is 3. The van der Waals surface area contributed by atoms with E-state index in [2.05, 4.69) is 25.8 Å². The molecule has 16 heavy (non-hydrogen) atoms. The summed E-state index contributed by atoms with van der Waals surface area (Å²) in [5, 5.41) is 0. The summed E-state index contributed by atoms with van der Waals surface area (Å²) in [4.78, 5) is 15.7. The molecule has 0 N–H and O–H groups in total. The topological polar surface area (TPSA) is 32.8 Å². The zero-order chi connectivity index (χ0) is 12.5. The van der Waals surface area contributed by atoms with Gasteiger partial charge in [0.25, 0.3) is 0 Å². The monoisotopic (exact) mass is 228 g/mol. The van der Waals surface area contributed by atoms with Gasteiger partial charge < -0.3 is 9.64 Å². The lowest BCUT2D eigenvalue weighted by atomic mass is 10.1. The van der Waals surface area contributed by atoms with E-state index in [1.54, 1.807) is 4.90 Å². The van der Waals surface area contributed by atoms with Gasteiger partial charge in [0.05, 0.1) is 0 Å². The van der Waals surface area contributed by atoms with Gasteiger partial charge in [-0.3, -0.25) is 4.90 Å². The van der Waals surface area contributed by atoms with E-state index in [4.69, 9.17) is 4.74 Å². The van der Waals surface area contributed by atoms with Crippen LogP contribution < -0.4 is 0 Å².